The molecule has 0 radical (unpaired) electrons. The van der Waals surface area contributed by atoms with Gasteiger partial charge in [0.1, 0.15) is 12.4 Å². The molecule has 1 heterocycles. The Morgan fingerprint density at radius 1 is 0.839 bits per heavy atom. The van der Waals surface area contributed by atoms with Gasteiger partial charge in [-0.15, -0.1) is 0 Å². The van der Waals surface area contributed by atoms with Crippen LogP contribution in [0.4, 0.5) is 0 Å². The summed E-state index contributed by atoms with van der Waals surface area (Å²) < 4.78 is 10.6. The fraction of sp³-hybridized carbons (Fsp3) is 0.115. The summed E-state index contributed by atoms with van der Waals surface area (Å²) >= 11 is 0. The predicted molar refractivity (Wildman–Crippen MR) is 122 cm³/mol. The van der Waals surface area contributed by atoms with E-state index < -0.39 is 0 Å². The summed E-state index contributed by atoms with van der Waals surface area (Å²) in [5.74, 6) is 0.755. The molecule has 0 atom stereocenters. The molecule has 0 unspecified atom stereocenters. The number of hydrogen-bond donors (Lipinski definition) is 0. The van der Waals surface area contributed by atoms with Crippen LogP contribution in [0, 0.1) is 0 Å². The highest BCUT2D eigenvalue weighted by Gasteiger charge is 2.04. The molecule has 0 saturated heterocycles. The summed E-state index contributed by atoms with van der Waals surface area (Å²) in [6.45, 7) is 1.08. The standard InChI is InChI=1S/C26H22N2O3/c1-30-16-17-31-23-10-8-21(9-11-23)20-4-6-22(7-5-20)26(29)13-3-19-2-12-24-25(18-19)28-15-14-27-24/h2-15,18H,16-17H2,1H3/b13-3+. The lowest BCUT2D eigenvalue weighted by atomic mass is 10.0. The van der Waals surface area contributed by atoms with Crippen molar-refractivity contribution < 1.29 is 14.3 Å². The number of methoxy groups -OCH3 is 1. The van der Waals surface area contributed by atoms with Gasteiger partial charge >= 0.3 is 0 Å². The van der Waals surface area contributed by atoms with Gasteiger partial charge in [0, 0.05) is 25.1 Å². The minimum Gasteiger partial charge on any atom is -0.491 e. The molecule has 4 rings (SSSR count). The quantitative estimate of drug-likeness (QED) is 0.226. The van der Waals surface area contributed by atoms with E-state index in [1.807, 2.05) is 66.7 Å². The van der Waals surface area contributed by atoms with E-state index in [0.29, 0.717) is 18.8 Å². The first kappa shape index (κ1) is 20.4. The van der Waals surface area contributed by atoms with Gasteiger partial charge in [-0.3, -0.25) is 14.8 Å². The maximum Gasteiger partial charge on any atom is 0.185 e. The Bertz CT molecular complexity index is 1200. The number of benzene rings is 3. The van der Waals surface area contributed by atoms with Crippen LogP contribution in [0.2, 0.25) is 0 Å². The topological polar surface area (TPSA) is 61.3 Å². The van der Waals surface area contributed by atoms with Crippen LogP contribution < -0.4 is 4.74 Å². The fourth-order valence-corrected chi connectivity index (χ4v) is 3.17. The van der Waals surface area contributed by atoms with Crippen LogP contribution in [-0.2, 0) is 4.74 Å². The zero-order valence-corrected chi connectivity index (χ0v) is 17.2. The van der Waals surface area contributed by atoms with Crippen molar-refractivity contribution in [1.29, 1.82) is 0 Å². The van der Waals surface area contributed by atoms with Crippen molar-refractivity contribution in [3.8, 4) is 16.9 Å². The molecule has 3 aromatic carbocycles. The van der Waals surface area contributed by atoms with E-state index in [2.05, 4.69) is 9.97 Å². The minimum absolute atomic E-state index is 0.0484. The van der Waals surface area contributed by atoms with Crippen molar-refractivity contribution in [3.63, 3.8) is 0 Å². The molecule has 5 nitrogen and oxygen atoms in total. The normalized spacial score (nSPS) is 11.1. The Morgan fingerprint density at radius 2 is 1.52 bits per heavy atom. The molecule has 0 aliphatic carbocycles. The van der Waals surface area contributed by atoms with E-state index in [1.54, 1.807) is 31.7 Å². The van der Waals surface area contributed by atoms with Gasteiger partial charge in [-0.1, -0.05) is 48.5 Å². The molecule has 31 heavy (non-hydrogen) atoms. The van der Waals surface area contributed by atoms with E-state index in [4.69, 9.17) is 9.47 Å². The first-order valence-corrected chi connectivity index (χ1v) is 9.98. The summed E-state index contributed by atoms with van der Waals surface area (Å²) in [6, 6.07) is 21.2. The highest BCUT2D eigenvalue weighted by Crippen LogP contribution is 2.23. The molecule has 154 valence electrons. The molecular weight excluding hydrogens is 388 g/mol. The van der Waals surface area contributed by atoms with Crippen molar-refractivity contribution in [1.82, 2.24) is 9.97 Å². The molecule has 0 spiro atoms. The number of fused-ring (bicyclic) bond motifs is 1. The van der Waals surface area contributed by atoms with Crippen LogP contribution in [-0.4, -0.2) is 36.1 Å². The van der Waals surface area contributed by atoms with Gasteiger partial charge in [0.2, 0.25) is 0 Å². The van der Waals surface area contributed by atoms with E-state index in [-0.39, 0.29) is 5.78 Å². The maximum absolute atomic E-state index is 12.6. The number of rotatable bonds is 8. The molecule has 0 N–H and O–H groups in total. The lowest BCUT2D eigenvalue weighted by Gasteiger charge is -2.07. The van der Waals surface area contributed by atoms with Gasteiger partial charge in [0.15, 0.2) is 5.78 Å². The minimum atomic E-state index is -0.0484. The number of ether oxygens (including phenoxy) is 2. The van der Waals surface area contributed by atoms with Crippen molar-refractivity contribution in [2.75, 3.05) is 20.3 Å². The first-order chi connectivity index (χ1) is 15.2. The van der Waals surface area contributed by atoms with Crippen molar-refractivity contribution in [2.45, 2.75) is 0 Å². The third kappa shape index (κ3) is 5.21. The van der Waals surface area contributed by atoms with Crippen molar-refractivity contribution in [2.24, 2.45) is 0 Å². The Kier molecular flexibility index (Phi) is 6.45. The molecule has 0 aliphatic heterocycles. The van der Waals surface area contributed by atoms with Gasteiger partial charge in [0.25, 0.3) is 0 Å². The lowest BCUT2D eigenvalue weighted by molar-refractivity contribution is 0.104. The third-order valence-electron chi connectivity index (χ3n) is 4.83. The number of aromatic nitrogens is 2. The number of ketones is 1. The number of nitrogens with zero attached hydrogens (tertiary/aromatic N) is 2. The molecular formula is C26H22N2O3. The summed E-state index contributed by atoms with van der Waals surface area (Å²) in [5, 5.41) is 0. The maximum atomic E-state index is 12.6. The highest BCUT2D eigenvalue weighted by molar-refractivity contribution is 6.07. The van der Waals surface area contributed by atoms with Gasteiger partial charge in [-0.2, -0.15) is 0 Å². The smallest absolute Gasteiger partial charge is 0.185 e. The zero-order valence-electron chi connectivity index (χ0n) is 17.2. The second-order valence-electron chi connectivity index (χ2n) is 6.95. The van der Waals surface area contributed by atoms with Crippen LogP contribution in [0.3, 0.4) is 0 Å². The largest absolute Gasteiger partial charge is 0.491 e. The molecule has 0 aliphatic rings. The van der Waals surface area contributed by atoms with E-state index in [0.717, 1.165) is 33.5 Å². The molecule has 4 aromatic rings. The van der Waals surface area contributed by atoms with E-state index in [1.165, 1.54) is 0 Å². The van der Waals surface area contributed by atoms with Crippen molar-refractivity contribution >= 4 is 22.9 Å². The second kappa shape index (κ2) is 9.78. The summed E-state index contributed by atoms with van der Waals surface area (Å²) in [4.78, 5) is 21.1. The van der Waals surface area contributed by atoms with Gasteiger partial charge in [-0.05, 0) is 47.0 Å². The Hall–Kier alpha value is -3.83. The first-order valence-electron chi connectivity index (χ1n) is 9.98. The van der Waals surface area contributed by atoms with Crippen LogP contribution in [0.1, 0.15) is 15.9 Å². The van der Waals surface area contributed by atoms with Crippen LogP contribution in [0.25, 0.3) is 28.2 Å². The fourth-order valence-electron chi connectivity index (χ4n) is 3.17. The van der Waals surface area contributed by atoms with Crippen LogP contribution in [0.5, 0.6) is 5.75 Å². The van der Waals surface area contributed by atoms with Gasteiger partial charge in [-0.25, -0.2) is 0 Å². The Labute approximate surface area is 181 Å². The number of allylic oxidation sites excluding steroid dienone is 1. The Morgan fingerprint density at radius 3 is 2.23 bits per heavy atom. The lowest BCUT2D eigenvalue weighted by Crippen LogP contribution is -2.03. The molecule has 0 saturated carbocycles. The SMILES string of the molecule is COCCOc1ccc(-c2ccc(C(=O)/C=C/c3ccc4nccnc4c3)cc2)cc1. The molecule has 0 fully saturated rings. The van der Waals surface area contributed by atoms with Crippen LogP contribution in [0.15, 0.2) is 85.2 Å². The second-order valence-corrected chi connectivity index (χ2v) is 6.95. The molecule has 0 amide bonds. The summed E-state index contributed by atoms with van der Waals surface area (Å²) in [7, 11) is 1.65. The number of carbonyl (C=O) groups excluding carboxylic acids is 1. The average molecular weight is 410 g/mol. The predicted octanol–water partition coefficient (Wildman–Crippen LogP) is 5.22. The van der Waals surface area contributed by atoms with Gasteiger partial charge in [0.05, 0.1) is 17.6 Å². The van der Waals surface area contributed by atoms with Crippen molar-refractivity contribution in [3.05, 3.63) is 96.3 Å². The average Bonchev–Trinajstić information content (AvgIpc) is 2.83. The number of hydrogen-bond acceptors (Lipinski definition) is 5. The molecule has 1 aromatic heterocycles. The monoisotopic (exact) mass is 410 g/mol. The summed E-state index contributed by atoms with van der Waals surface area (Å²) in [5.41, 5.74) is 5.28. The summed E-state index contributed by atoms with van der Waals surface area (Å²) in [6.07, 6.45) is 6.70. The highest BCUT2D eigenvalue weighted by atomic mass is 16.5. The number of carbonyl (C=O) groups is 1. The van der Waals surface area contributed by atoms with Gasteiger partial charge < -0.3 is 9.47 Å². The van der Waals surface area contributed by atoms with Crippen LogP contribution >= 0.6 is 0 Å². The molecule has 0 bridgehead atoms. The molecule has 5 heteroatoms. The zero-order chi connectivity index (χ0) is 21.5. The Balaban J connectivity index is 1.42. The van der Waals surface area contributed by atoms with E-state index >= 15 is 0 Å². The van der Waals surface area contributed by atoms with E-state index in [9.17, 15) is 4.79 Å². The third-order valence-corrected chi connectivity index (χ3v) is 4.83.